The van der Waals surface area contributed by atoms with Gasteiger partial charge in [0.15, 0.2) is 0 Å². The van der Waals surface area contributed by atoms with Gasteiger partial charge in [0.25, 0.3) is 0 Å². The Morgan fingerprint density at radius 3 is 2.06 bits per heavy atom. The summed E-state index contributed by atoms with van der Waals surface area (Å²) in [6, 6.07) is 0. The van der Waals surface area contributed by atoms with Crippen LogP contribution in [0.3, 0.4) is 0 Å². The van der Waals surface area contributed by atoms with E-state index < -0.39 is 0 Å². The van der Waals surface area contributed by atoms with Crippen LogP contribution in [-0.4, -0.2) is 24.6 Å². The van der Waals surface area contributed by atoms with Gasteiger partial charge in [-0.1, -0.05) is 20.8 Å². The van der Waals surface area contributed by atoms with Crippen LogP contribution in [0.4, 0.5) is 0 Å². The van der Waals surface area contributed by atoms with Gasteiger partial charge in [-0.2, -0.15) is 0 Å². The summed E-state index contributed by atoms with van der Waals surface area (Å²) in [5, 5.41) is 0. The quantitative estimate of drug-likeness (QED) is 0.601. The van der Waals surface area contributed by atoms with Gasteiger partial charge in [0.05, 0.1) is 0 Å². The maximum atomic E-state index is 11.2. The van der Waals surface area contributed by atoms with Crippen molar-refractivity contribution in [1.82, 2.24) is 0 Å². The van der Waals surface area contributed by atoms with Crippen molar-refractivity contribution in [3.8, 4) is 0 Å². The van der Waals surface area contributed by atoms with Gasteiger partial charge < -0.3 is 9.47 Å². The molecule has 0 saturated carbocycles. The molecule has 4 nitrogen and oxygen atoms in total. The second-order valence-corrected chi connectivity index (χ2v) is 3.70. The van der Waals surface area contributed by atoms with Crippen LogP contribution < -0.4 is 0 Å². The summed E-state index contributed by atoms with van der Waals surface area (Å²) in [4.78, 5) is 22.3. The molecule has 0 spiro atoms. The fourth-order valence-corrected chi connectivity index (χ4v) is 1.15. The average Bonchev–Trinajstić information content (AvgIpc) is 2.25. The SMILES string of the molecule is CCCC(=O)OC[C@H](CC)OC(=O)CCC. The fourth-order valence-electron chi connectivity index (χ4n) is 1.15. The minimum absolute atomic E-state index is 0.171. The first kappa shape index (κ1) is 14.9. The average molecular weight is 230 g/mol. The number of ether oxygens (including phenoxy) is 2. The van der Waals surface area contributed by atoms with E-state index in [0.717, 1.165) is 12.8 Å². The first-order chi connectivity index (χ1) is 7.63. The highest BCUT2D eigenvalue weighted by Crippen LogP contribution is 2.04. The molecule has 0 aliphatic rings. The first-order valence-electron chi connectivity index (χ1n) is 5.99. The van der Waals surface area contributed by atoms with Gasteiger partial charge in [-0.15, -0.1) is 0 Å². The van der Waals surface area contributed by atoms with Crippen LogP contribution in [0.15, 0.2) is 0 Å². The highest BCUT2D eigenvalue weighted by molar-refractivity contribution is 5.70. The first-order valence-corrected chi connectivity index (χ1v) is 5.99. The lowest BCUT2D eigenvalue weighted by Crippen LogP contribution is -2.24. The van der Waals surface area contributed by atoms with Crippen LogP contribution in [0.25, 0.3) is 0 Å². The molecule has 0 aromatic carbocycles. The zero-order valence-corrected chi connectivity index (χ0v) is 10.5. The molecule has 0 saturated heterocycles. The van der Waals surface area contributed by atoms with E-state index in [1.807, 2.05) is 20.8 Å². The van der Waals surface area contributed by atoms with E-state index in [4.69, 9.17) is 9.47 Å². The lowest BCUT2D eigenvalue weighted by molar-refractivity contribution is -0.159. The molecule has 0 bridgehead atoms. The van der Waals surface area contributed by atoms with Crippen molar-refractivity contribution in [1.29, 1.82) is 0 Å². The number of carbonyl (C=O) groups excluding carboxylic acids is 2. The Labute approximate surface area is 97.3 Å². The number of hydrogen-bond acceptors (Lipinski definition) is 4. The van der Waals surface area contributed by atoms with Crippen LogP contribution in [0.2, 0.25) is 0 Å². The third-order valence-electron chi connectivity index (χ3n) is 2.09. The van der Waals surface area contributed by atoms with Gasteiger partial charge in [-0.3, -0.25) is 9.59 Å². The highest BCUT2D eigenvalue weighted by Gasteiger charge is 2.14. The fraction of sp³-hybridized carbons (Fsp3) is 0.833. The molecule has 94 valence electrons. The summed E-state index contributed by atoms with van der Waals surface area (Å²) in [7, 11) is 0. The molecular weight excluding hydrogens is 208 g/mol. The summed E-state index contributed by atoms with van der Waals surface area (Å²) in [6.07, 6.45) is 2.73. The number of esters is 2. The van der Waals surface area contributed by atoms with Crippen LogP contribution >= 0.6 is 0 Å². The predicted octanol–water partition coefficient (Wildman–Crippen LogP) is 2.45. The number of carbonyl (C=O) groups is 2. The molecule has 0 amide bonds. The van der Waals surface area contributed by atoms with E-state index in [1.165, 1.54) is 0 Å². The normalized spacial score (nSPS) is 11.9. The van der Waals surface area contributed by atoms with E-state index in [2.05, 4.69) is 0 Å². The molecule has 0 fully saturated rings. The third-order valence-corrected chi connectivity index (χ3v) is 2.09. The smallest absolute Gasteiger partial charge is 0.306 e. The van der Waals surface area contributed by atoms with Gasteiger partial charge in [-0.25, -0.2) is 0 Å². The molecule has 0 N–H and O–H groups in total. The Kier molecular flexibility index (Phi) is 8.58. The van der Waals surface area contributed by atoms with Gasteiger partial charge in [-0.05, 0) is 19.3 Å². The molecule has 4 heteroatoms. The number of hydrogen-bond donors (Lipinski definition) is 0. The minimum Gasteiger partial charge on any atom is -0.462 e. The van der Waals surface area contributed by atoms with Crippen molar-refractivity contribution in [2.75, 3.05) is 6.61 Å². The Bertz CT molecular complexity index is 213. The molecule has 1 atom stereocenters. The second kappa shape index (κ2) is 9.19. The molecule has 16 heavy (non-hydrogen) atoms. The Morgan fingerprint density at radius 1 is 1.00 bits per heavy atom. The van der Waals surface area contributed by atoms with Crippen molar-refractivity contribution in [2.45, 2.75) is 59.0 Å². The highest BCUT2D eigenvalue weighted by atomic mass is 16.6. The van der Waals surface area contributed by atoms with Crippen LogP contribution in [0.5, 0.6) is 0 Å². The second-order valence-electron chi connectivity index (χ2n) is 3.70. The van der Waals surface area contributed by atoms with Gasteiger partial charge in [0, 0.05) is 12.8 Å². The molecule has 0 heterocycles. The topological polar surface area (TPSA) is 52.6 Å². The molecular formula is C12H22O4. The van der Waals surface area contributed by atoms with Crippen molar-refractivity contribution in [3.63, 3.8) is 0 Å². The Balaban J connectivity index is 3.82. The van der Waals surface area contributed by atoms with Crippen LogP contribution in [-0.2, 0) is 19.1 Å². The zero-order chi connectivity index (χ0) is 12.4. The monoisotopic (exact) mass is 230 g/mol. The van der Waals surface area contributed by atoms with Crippen molar-refractivity contribution in [3.05, 3.63) is 0 Å². The van der Waals surface area contributed by atoms with Crippen molar-refractivity contribution < 1.29 is 19.1 Å². The van der Waals surface area contributed by atoms with E-state index in [9.17, 15) is 9.59 Å². The third kappa shape index (κ3) is 7.26. The maximum Gasteiger partial charge on any atom is 0.306 e. The number of rotatable bonds is 8. The summed E-state index contributed by atoms with van der Waals surface area (Å²) >= 11 is 0. The van der Waals surface area contributed by atoms with E-state index in [0.29, 0.717) is 19.3 Å². The molecule has 0 aliphatic heterocycles. The Hall–Kier alpha value is -1.06. The van der Waals surface area contributed by atoms with Crippen LogP contribution in [0.1, 0.15) is 52.9 Å². The lowest BCUT2D eigenvalue weighted by Gasteiger charge is -2.15. The van der Waals surface area contributed by atoms with Gasteiger partial charge in [0.1, 0.15) is 12.7 Å². The predicted molar refractivity (Wildman–Crippen MR) is 60.9 cm³/mol. The van der Waals surface area contributed by atoms with Crippen molar-refractivity contribution in [2.24, 2.45) is 0 Å². The van der Waals surface area contributed by atoms with E-state index in [-0.39, 0.29) is 24.6 Å². The van der Waals surface area contributed by atoms with Crippen LogP contribution in [0, 0.1) is 0 Å². The van der Waals surface area contributed by atoms with Gasteiger partial charge >= 0.3 is 11.9 Å². The lowest BCUT2D eigenvalue weighted by atomic mass is 10.3. The van der Waals surface area contributed by atoms with Gasteiger partial charge in [0.2, 0.25) is 0 Å². The summed E-state index contributed by atoms with van der Waals surface area (Å²) in [5.74, 6) is -0.451. The molecule has 0 rings (SSSR count). The standard InChI is InChI=1S/C12H22O4/c1-4-7-11(13)15-9-10(6-3)16-12(14)8-5-2/h10H,4-9H2,1-3H3/t10-/m0/s1. The molecule has 0 aromatic heterocycles. The van der Waals surface area contributed by atoms with E-state index in [1.54, 1.807) is 0 Å². The molecule has 0 radical (unpaired) electrons. The minimum atomic E-state index is -0.306. The molecule has 0 aromatic rings. The zero-order valence-electron chi connectivity index (χ0n) is 10.5. The summed E-state index contributed by atoms with van der Waals surface area (Å²) in [5.41, 5.74) is 0. The summed E-state index contributed by atoms with van der Waals surface area (Å²) in [6.45, 7) is 5.91. The maximum absolute atomic E-state index is 11.2. The summed E-state index contributed by atoms with van der Waals surface area (Å²) < 4.78 is 10.2. The molecule has 0 unspecified atom stereocenters. The Morgan fingerprint density at radius 2 is 1.56 bits per heavy atom. The molecule has 0 aliphatic carbocycles. The van der Waals surface area contributed by atoms with E-state index >= 15 is 0 Å². The van der Waals surface area contributed by atoms with Crippen molar-refractivity contribution >= 4 is 11.9 Å². The largest absolute Gasteiger partial charge is 0.462 e.